The van der Waals surface area contributed by atoms with Crippen molar-refractivity contribution < 1.29 is 0 Å². The zero-order chi connectivity index (χ0) is 14.7. The molecule has 6 nitrogen and oxygen atoms in total. The molecule has 0 fully saturated rings. The number of allylic oxidation sites excluding steroid dienone is 1. The van der Waals surface area contributed by atoms with Crippen molar-refractivity contribution in [2.24, 2.45) is 0 Å². The van der Waals surface area contributed by atoms with Gasteiger partial charge in [0.25, 0.3) is 0 Å². The Hall–Kier alpha value is -1.86. The van der Waals surface area contributed by atoms with Gasteiger partial charge in [0.1, 0.15) is 16.5 Å². The highest BCUT2D eigenvalue weighted by molar-refractivity contribution is 7.18. The van der Waals surface area contributed by atoms with Gasteiger partial charge in [0.05, 0.1) is 5.39 Å². The number of thiophene rings is 1. The van der Waals surface area contributed by atoms with Crippen LogP contribution in [0.2, 0.25) is 0 Å². The Labute approximate surface area is 128 Å². The highest BCUT2D eigenvalue weighted by Gasteiger charge is 2.09. The van der Waals surface area contributed by atoms with Gasteiger partial charge >= 0.3 is 0 Å². The molecule has 0 spiro atoms. The maximum atomic E-state index is 4.63. The normalized spacial score (nSPS) is 13.9. The van der Waals surface area contributed by atoms with Crippen LogP contribution < -0.4 is 21.7 Å². The van der Waals surface area contributed by atoms with Crippen molar-refractivity contribution in [2.75, 3.05) is 11.9 Å². The van der Waals surface area contributed by atoms with E-state index in [9.17, 15) is 0 Å². The molecule has 0 saturated heterocycles. The first kappa shape index (κ1) is 14.1. The maximum absolute atomic E-state index is 4.63. The van der Waals surface area contributed by atoms with Crippen molar-refractivity contribution in [3.8, 4) is 0 Å². The summed E-state index contributed by atoms with van der Waals surface area (Å²) in [6.07, 6.45) is 4.83. The predicted octanol–water partition coefficient (Wildman–Crippen LogP) is 2.21. The van der Waals surface area contributed by atoms with Gasteiger partial charge in [0, 0.05) is 29.7 Å². The van der Waals surface area contributed by atoms with Crippen molar-refractivity contribution in [3.63, 3.8) is 0 Å². The van der Waals surface area contributed by atoms with Crippen molar-refractivity contribution in [3.05, 3.63) is 28.7 Å². The topological polar surface area (TPSA) is 73.9 Å². The molecule has 1 aliphatic heterocycles. The molecule has 21 heavy (non-hydrogen) atoms. The molecule has 0 amide bonds. The van der Waals surface area contributed by atoms with Gasteiger partial charge in [0.2, 0.25) is 0 Å². The summed E-state index contributed by atoms with van der Waals surface area (Å²) in [6, 6.07) is 2.16. The van der Waals surface area contributed by atoms with Gasteiger partial charge in [-0.25, -0.2) is 9.97 Å². The first-order valence-electron chi connectivity index (χ1n) is 7.23. The molecule has 0 bridgehead atoms. The number of aromatic nitrogens is 2. The van der Waals surface area contributed by atoms with Gasteiger partial charge in [0.15, 0.2) is 0 Å². The van der Waals surface area contributed by atoms with E-state index in [1.54, 1.807) is 11.3 Å². The molecule has 4 N–H and O–H groups in total. The molecular weight excluding hydrogens is 284 g/mol. The number of nitrogens with one attached hydrogen (secondary N) is 4. The standard InChI is InChI=1S/C14H20N6S/c1-3-12-17-13(11-7-9(2)21-14(11)18-12)15-6-4-5-10-8-16-20-19-10/h7-8,16,19-20H,3-6H2,1-2H3,(H,15,17,18). The van der Waals surface area contributed by atoms with Crippen LogP contribution in [0, 0.1) is 6.92 Å². The van der Waals surface area contributed by atoms with E-state index in [0.717, 1.165) is 47.7 Å². The van der Waals surface area contributed by atoms with Crippen LogP contribution in [-0.2, 0) is 6.42 Å². The highest BCUT2D eigenvalue weighted by Crippen LogP contribution is 2.28. The lowest BCUT2D eigenvalue weighted by Gasteiger charge is -2.08. The van der Waals surface area contributed by atoms with Gasteiger partial charge in [-0.3, -0.25) is 0 Å². The monoisotopic (exact) mass is 304 g/mol. The molecule has 0 unspecified atom stereocenters. The third-order valence-electron chi connectivity index (χ3n) is 3.34. The Kier molecular flexibility index (Phi) is 4.21. The summed E-state index contributed by atoms with van der Waals surface area (Å²) in [7, 11) is 0. The Morgan fingerprint density at radius 2 is 2.24 bits per heavy atom. The minimum absolute atomic E-state index is 0.857. The molecule has 3 rings (SSSR count). The van der Waals surface area contributed by atoms with E-state index >= 15 is 0 Å². The van der Waals surface area contributed by atoms with Crippen LogP contribution in [0.3, 0.4) is 0 Å². The Balaban J connectivity index is 1.67. The van der Waals surface area contributed by atoms with Crippen molar-refractivity contribution in [1.29, 1.82) is 0 Å². The van der Waals surface area contributed by atoms with E-state index in [4.69, 9.17) is 0 Å². The molecule has 0 radical (unpaired) electrons. The molecule has 0 aliphatic carbocycles. The molecule has 0 saturated carbocycles. The number of rotatable bonds is 6. The summed E-state index contributed by atoms with van der Waals surface area (Å²) in [5.74, 6) is 1.87. The van der Waals surface area contributed by atoms with E-state index in [0.29, 0.717) is 0 Å². The first-order valence-corrected chi connectivity index (χ1v) is 8.04. The van der Waals surface area contributed by atoms with Crippen molar-refractivity contribution in [1.82, 2.24) is 26.4 Å². The lowest BCUT2D eigenvalue weighted by atomic mass is 10.2. The fraction of sp³-hybridized carbons (Fsp3) is 0.429. The van der Waals surface area contributed by atoms with Crippen molar-refractivity contribution >= 4 is 27.4 Å². The van der Waals surface area contributed by atoms with Crippen LogP contribution in [-0.4, -0.2) is 16.5 Å². The third kappa shape index (κ3) is 3.25. The van der Waals surface area contributed by atoms with E-state index < -0.39 is 0 Å². The number of hydrogen-bond donors (Lipinski definition) is 4. The van der Waals surface area contributed by atoms with Gasteiger partial charge in [-0.05, 0) is 25.8 Å². The minimum Gasteiger partial charge on any atom is -0.369 e. The summed E-state index contributed by atoms with van der Waals surface area (Å²) in [5, 5.41) is 4.59. The molecule has 1 aliphatic rings. The van der Waals surface area contributed by atoms with Crippen LogP contribution in [0.25, 0.3) is 10.2 Å². The Morgan fingerprint density at radius 1 is 1.33 bits per heavy atom. The smallest absolute Gasteiger partial charge is 0.138 e. The van der Waals surface area contributed by atoms with Crippen LogP contribution in [0.1, 0.15) is 30.5 Å². The summed E-state index contributed by atoms with van der Waals surface area (Å²) in [5.41, 5.74) is 9.98. The zero-order valence-electron chi connectivity index (χ0n) is 12.3. The Bertz CT molecular complexity index is 663. The van der Waals surface area contributed by atoms with E-state index in [1.807, 2.05) is 6.20 Å². The number of hydrogen-bond acceptors (Lipinski definition) is 7. The lowest BCUT2D eigenvalue weighted by molar-refractivity contribution is 0.586. The molecule has 2 aromatic heterocycles. The summed E-state index contributed by atoms with van der Waals surface area (Å²) in [6.45, 7) is 5.09. The van der Waals surface area contributed by atoms with Gasteiger partial charge in [-0.15, -0.1) is 11.3 Å². The zero-order valence-corrected chi connectivity index (χ0v) is 13.1. The molecule has 0 atom stereocenters. The second-order valence-corrected chi connectivity index (χ2v) is 6.25. The predicted molar refractivity (Wildman–Crippen MR) is 86.7 cm³/mol. The van der Waals surface area contributed by atoms with Gasteiger partial charge in [-0.2, -0.15) is 5.53 Å². The molecule has 3 heterocycles. The number of fused-ring (bicyclic) bond motifs is 1. The van der Waals surface area contributed by atoms with Crippen LogP contribution >= 0.6 is 11.3 Å². The molecule has 0 aromatic carbocycles. The highest BCUT2D eigenvalue weighted by atomic mass is 32.1. The average molecular weight is 304 g/mol. The molecular formula is C14H20N6S. The molecule has 112 valence electrons. The summed E-state index contributed by atoms with van der Waals surface area (Å²) < 4.78 is 0. The third-order valence-corrected chi connectivity index (χ3v) is 4.28. The fourth-order valence-corrected chi connectivity index (χ4v) is 3.17. The molecule has 7 heteroatoms. The molecule has 2 aromatic rings. The van der Waals surface area contributed by atoms with E-state index in [1.165, 1.54) is 10.6 Å². The maximum Gasteiger partial charge on any atom is 0.138 e. The second kappa shape index (κ2) is 6.28. The van der Waals surface area contributed by atoms with Crippen molar-refractivity contribution in [2.45, 2.75) is 33.1 Å². The fourth-order valence-electron chi connectivity index (χ4n) is 2.27. The number of hydrazine groups is 2. The van der Waals surface area contributed by atoms with Gasteiger partial charge < -0.3 is 16.2 Å². The van der Waals surface area contributed by atoms with Gasteiger partial charge in [-0.1, -0.05) is 6.92 Å². The number of aryl methyl sites for hydroxylation is 2. The quantitative estimate of drug-likeness (QED) is 0.613. The van der Waals surface area contributed by atoms with Crippen LogP contribution in [0.15, 0.2) is 18.0 Å². The average Bonchev–Trinajstić information content (AvgIpc) is 3.11. The largest absolute Gasteiger partial charge is 0.369 e. The SMILES string of the molecule is CCc1nc(NCCCC2=CNNN2)c2cc(C)sc2n1. The summed E-state index contributed by atoms with van der Waals surface area (Å²) in [4.78, 5) is 11.6. The van der Waals surface area contributed by atoms with Crippen LogP contribution in [0.4, 0.5) is 5.82 Å². The summed E-state index contributed by atoms with van der Waals surface area (Å²) >= 11 is 1.73. The van der Waals surface area contributed by atoms with E-state index in [-0.39, 0.29) is 0 Å². The Morgan fingerprint density at radius 3 is 3.00 bits per heavy atom. The number of anilines is 1. The minimum atomic E-state index is 0.857. The lowest BCUT2D eigenvalue weighted by Crippen LogP contribution is -2.31. The van der Waals surface area contributed by atoms with Crippen LogP contribution in [0.5, 0.6) is 0 Å². The second-order valence-electron chi connectivity index (χ2n) is 5.01. The number of nitrogens with zero attached hydrogens (tertiary/aromatic N) is 2. The first-order chi connectivity index (χ1) is 10.3. The van der Waals surface area contributed by atoms with E-state index in [2.05, 4.69) is 51.6 Å².